The number of nitrogens with one attached hydrogen (secondary N) is 1. The molecule has 1 amide bonds. The topological polar surface area (TPSA) is 89.6 Å². The quantitative estimate of drug-likeness (QED) is 0.533. The number of nitriles is 2. The molecule has 0 saturated carbocycles. The van der Waals surface area contributed by atoms with Crippen LogP contribution in [0.2, 0.25) is 0 Å². The Morgan fingerprint density at radius 2 is 1.97 bits per heavy atom. The fraction of sp³-hybridized carbons (Fsp3) is 0.250. The average molecular weight is 445 g/mol. The van der Waals surface area contributed by atoms with E-state index < -0.39 is 0 Å². The van der Waals surface area contributed by atoms with Crippen LogP contribution in [-0.2, 0) is 17.6 Å². The van der Waals surface area contributed by atoms with Gasteiger partial charge in [-0.3, -0.25) is 4.79 Å². The molecular weight excluding hydrogens is 424 g/mol. The lowest BCUT2D eigenvalue weighted by atomic mass is 9.90. The molecule has 5 nitrogen and oxygen atoms in total. The van der Waals surface area contributed by atoms with Crippen LogP contribution in [0.15, 0.2) is 35.4 Å². The molecule has 1 aliphatic carbocycles. The summed E-state index contributed by atoms with van der Waals surface area (Å²) < 4.78 is 0. The first-order valence-corrected chi connectivity index (χ1v) is 11.8. The zero-order valence-corrected chi connectivity index (χ0v) is 18.9. The molecule has 2 aromatic heterocycles. The van der Waals surface area contributed by atoms with Crippen LogP contribution in [0.1, 0.15) is 39.9 Å². The minimum Gasteiger partial charge on any atom is -0.317 e. The van der Waals surface area contributed by atoms with Crippen molar-refractivity contribution in [1.82, 2.24) is 4.98 Å². The van der Waals surface area contributed by atoms with E-state index in [9.17, 15) is 15.3 Å². The summed E-state index contributed by atoms with van der Waals surface area (Å²) >= 11 is 2.89. The van der Waals surface area contributed by atoms with Crippen LogP contribution < -0.4 is 5.32 Å². The van der Waals surface area contributed by atoms with Crippen LogP contribution in [0.4, 0.5) is 5.00 Å². The molecule has 31 heavy (non-hydrogen) atoms. The maximum Gasteiger partial charge on any atom is 0.225 e. The number of anilines is 1. The predicted molar refractivity (Wildman–Crippen MR) is 124 cm³/mol. The second-order valence-corrected chi connectivity index (χ2v) is 9.51. The number of thiophene rings is 1. The molecule has 1 aliphatic rings. The van der Waals surface area contributed by atoms with Crippen molar-refractivity contribution in [2.75, 3.05) is 11.1 Å². The molecule has 2 heterocycles. The number of aromatic nitrogens is 1. The molecule has 0 aliphatic heterocycles. The number of hydrogen-bond acceptors (Lipinski definition) is 6. The number of thioether (sulfide) groups is 1. The van der Waals surface area contributed by atoms with Gasteiger partial charge in [-0.05, 0) is 55.0 Å². The van der Waals surface area contributed by atoms with E-state index in [1.807, 2.05) is 32.0 Å². The molecule has 1 aromatic carbocycles. The zero-order chi connectivity index (χ0) is 22.0. The van der Waals surface area contributed by atoms with Gasteiger partial charge >= 0.3 is 0 Å². The van der Waals surface area contributed by atoms with Gasteiger partial charge in [-0.1, -0.05) is 24.3 Å². The standard InChI is InChI=1S/C24H20N4OS2/c1-14-11-15(2)27-23(19(14)12-25)30-10-9-21(29)28-24-20(13-26)18-8-7-16-5-3-4-6-17(16)22(18)31-24/h3-6,11H,7-10H2,1-2H3,(H,28,29). The van der Waals surface area contributed by atoms with Crippen LogP contribution in [0.25, 0.3) is 10.4 Å². The number of amides is 1. The molecule has 0 spiro atoms. The van der Waals surface area contributed by atoms with Crippen molar-refractivity contribution in [3.05, 3.63) is 63.8 Å². The Kier molecular flexibility index (Phi) is 6.08. The molecule has 3 aromatic rings. The minimum atomic E-state index is -0.140. The highest BCUT2D eigenvalue weighted by molar-refractivity contribution is 7.99. The van der Waals surface area contributed by atoms with Crippen molar-refractivity contribution in [2.45, 2.75) is 38.1 Å². The molecule has 1 N–H and O–H groups in total. The molecule has 0 fully saturated rings. The van der Waals surface area contributed by atoms with Gasteiger partial charge in [-0.15, -0.1) is 23.1 Å². The number of fused-ring (bicyclic) bond motifs is 3. The van der Waals surface area contributed by atoms with Crippen molar-refractivity contribution in [2.24, 2.45) is 0 Å². The Balaban J connectivity index is 1.47. The summed E-state index contributed by atoms with van der Waals surface area (Å²) in [7, 11) is 0. The molecule has 0 saturated heterocycles. The Labute approximate surface area is 189 Å². The molecule has 0 atom stereocenters. The number of carbonyl (C=O) groups excluding carboxylic acids is 1. The van der Waals surface area contributed by atoms with Crippen molar-refractivity contribution < 1.29 is 4.79 Å². The van der Waals surface area contributed by atoms with E-state index in [1.165, 1.54) is 28.7 Å². The van der Waals surface area contributed by atoms with E-state index in [1.54, 1.807) is 0 Å². The number of carbonyl (C=O) groups is 1. The first-order chi connectivity index (χ1) is 15.0. The van der Waals surface area contributed by atoms with Crippen LogP contribution in [0.3, 0.4) is 0 Å². The van der Waals surface area contributed by atoms with Gasteiger partial charge in [-0.2, -0.15) is 10.5 Å². The normalized spacial score (nSPS) is 11.7. The van der Waals surface area contributed by atoms with Crippen molar-refractivity contribution >= 4 is 34.0 Å². The number of rotatable bonds is 5. The van der Waals surface area contributed by atoms with Gasteiger partial charge < -0.3 is 5.32 Å². The number of benzene rings is 1. The Hall–Kier alpha value is -3.13. The third kappa shape index (κ3) is 4.20. The highest BCUT2D eigenvalue weighted by atomic mass is 32.2. The van der Waals surface area contributed by atoms with E-state index in [-0.39, 0.29) is 12.3 Å². The largest absolute Gasteiger partial charge is 0.317 e. The van der Waals surface area contributed by atoms with Gasteiger partial charge in [0.05, 0.1) is 11.1 Å². The summed E-state index contributed by atoms with van der Waals surface area (Å²) in [5, 5.41) is 23.3. The van der Waals surface area contributed by atoms with E-state index in [2.05, 4.69) is 34.6 Å². The first-order valence-electron chi connectivity index (χ1n) is 9.96. The molecule has 0 radical (unpaired) electrons. The smallest absolute Gasteiger partial charge is 0.225 e. The number of hydrogen-bond donors (Lipinski definition) is 1. The van der Waals surface area contributed by atoms with Gasteiger partial charge in [0.1, 0.15) is 22.2 Å². The minimum absolute atomic E-state index is 0.140. The number of pyridine rings is 1. The molecule has 7 heteroatoms. The number of nitrogens with zero attached hydrogens (tertiary/aromatic N) is 3. The SMILES string of the molecule is Cc1cc(C)c(C#N)c(SCCC(=O)Nc2sc3c(c2C#N)CCc2ccccc2-3)n1. The fourth-order valence-electron chi connectivity index (χ4n) is 3.82. The maximum absolute atomic E-state index is 12.6. The third-order valence-electron chi connectivity index (χ3n) is 5.27. The van der Waals surface area contributed by atoms with Crippen molar-refractivity contribution in [3.63, 3.8) is 0 Å². The lowest BCUT2D eigenvalue weighted by Crippen LogP contribution is -2.12. The summed E-state index contributed by atoms with van der Waals surface area (Å²) in [4.78, 5) is 18.1. The highest BCUT2D eigenvalue weighted by Gasteiger charge is 2.25. The monoisotopic (exact) mass is 444 g/mol. The molecule has 0 bridgehead atoms. The van der Waals surface area contributed by atoms with Gasteiger partial charge in [-0.25, -0.2) is 4.98 Å². The summed E-state index contributed by atoms with van der Waals surface area (Å²) in [6, 6.07) is 14.6. The second-order valence-electron chi connectivity index (χ2n) is 7.40. The summed E-state index contributed by atoms with van der Waals surface area (Å²) in [5.74, 6) is 0.366. The Bertz CT molecular complexity index is 1260. The fourth-order valence-corrected chi connectivity index (χ4v) is 6.14. The lowest BCUT2D eigenvalue weighted by Gasteiger charge is -2.15. The van der Waals surface area contributed by atoms with Gasteiger partial charge in [0.15, 0.2) is 0 Å². The van der Waals surface area contributed by atoms with Crippen LogP contribution in [0.5, 0.6) is 0 Å². The first kappa shape index (κ1) is 21.1. The van der Waals surface area contributed by atoms with Crippen molar-refractivity contribution in [3.8, 4) is 22.6 Å². The molecule has 4 rings (SSSR count). The summed E-state index contributed by atoms with van der Waals surface area (Å²) in [6.45, 7) is 3.79. The summed E-state index contributed by atoms with van der Waals surface area (Å²) in [5.41, 5.74) is 6.37. The second kappa shape index (κ2) is 8.93. The Morgan fingerprint density at radius 3 is 2.74 bits per heavy atom. The predicted octanol–water partition coefficient (Wildman–Crippen LogP) is 5.39. The molecular formula is C24H20N4OS2. The van der Waals surface area contributed by atoms with E-state index >= 15 is 0 Å². The van der Waals surface area contributed by atoms with E-state index in [0.717, 1.165) is 40.1 Å². The van der Waals surface area contributed by atoms with Crippen LogP contribution in [0, 0.1) is 36.5 Å². The highest BCUT2D eigenvalue weighted by Crippen LogP contribution is 2.44. The maximum atomic E-state index is 12.6. The van der Waals surface area contributed by atoms with Crippen LogP contribution >= 0.6 is 23.1 Å². The lowest BCUT2D eigenvalue weighted by molar-refractivity contribution is -0.115. The van der Waals surface area contributed by atoms with Crippen molar-refractivity contribution in [1.29, 1.82) is 10.5 Å². The van der Waals surface area contributed by atoms with E-state index in [4.69, 9.17) is 0 Å². The zero-order valence-electron chi connectivity index (χ0n) is 17.3. The average Bonchev–Trinajstić information content (AvgIpc) is 3.10. The van der Waals surface area contributed by atoms with Gasteiger partial charge in [0.25, 0.3) is 0 Å². The van der Waals surface area contributed by atoms with Gasteiger partial charge in [0, 0.05) is 22.7 Å². The van der Waals surface area contributed by atoms with E-state index in [0.29, 0.717) is 26.9 Å². The van der Waals surface area contributed by atoms with Crippen LogP contribution in [-0.4, -0.2) is 16.6 Å². The Morgan fingerprint density at radius 1 is 1.19 bits per heavy atom. The molecule has 154 valence electrons. The number of aryl methyl sites for hydroxylation is 3. The third-order valence-corrected chi connectivity index (χ3v) is 7.43. The van der Waals surface area contributed by atoms with Gasteiger partial charge in [0.2, 0.25) is 5.91 Å². The summed E-state index contributed by atoms with van der Waals surface area (Å²) in [6.07, 6.45) is 1.99. The molecule has 0 unspecified atom stereocenters.